The summed E-state index contributed by atoms with van der Waals surface area (Å²) in [5, 5.41) is 2.98. The van der Waals surface area contributed by atoms with Crippen LogP contribution < -0.4 is 14.8 Å². The van der Waals surface area contributed by atoms with Crippen LogP contribution in [0.25, 0.3) is 0 Å². The van der Waals surface area contributed by atoms with Gasteiger partial charge in [0.1, 0.15) is 11.5 Å². The van der Waals surface area contributed by atoms with E-state index >= 15 is 0 Å². The second-order valence-corrected chi connectivity index (χ2v) is 5.91. The van der Waals surface area contributed by atoms with E-state index in [1.54, 1.807) is 0 Å². The zero-order chi connectivity index (χ0) is 16.2. The van der Waals surface area contributed by atoms with E-state index in [9.17, 15) is 4.79 Å². The number of hydrogen-bond donors (Lipinski definition) is 1. The summed E-state index contributed by atoms with van der Waals surface area (Å²) >= 11 is 0. The lowest BCUT2D eigenvalue weighted by Crippen LogP contribution is -2.26. The number of carbonyl (C=O) groups excluding carboxylic acids is 1. The van der Waals surface area contributed by atoms with Gasteiger partial charge in [-0.15, -0.1) is 0 Å². The highest BCUT2D eigenvalue weighted by molar-refractivity contribution is 5.96. The Morgan fingerprint density at radius 3 is 2.65 bits per heavy atom. The average Bonchev–Trinajstić information content (AvgIpc) is 2.55. The first kappa shape index (κ1) is 15.4. The van der Waals surface area contributed by atoms with Crippen LogP contribution in [0, 0.1) is 0 Å². The third-order valence-corrected chi connectivity index (χ3v) is 3.77. The van der Waals surface area contributed by atoms with E-state index in [1.165, 1.54) is 0 Å². The molecule has 0 saturated carbocycles. The molecular weight excluding hydrogens is 290 g/mol. The minimum atomic E-state index is -0.174. The number of benzene rings is 2. The summed E-state index contributed by atoms with van der Waals surface area (Å²) in [7, 11) is 0. The highest BCUT2D eigenvalue weighted by Crippen LogP contribution is 2.34. The summed E-state index contributed by atoms with van der Waals surface area (Å²) in [4.78, 5) is 12.6. The fourth-order valence-corrected chi connectivity index (χ4v) is 2.73. The van der Waals surface area contributed by atoms with E-state index in [2.05, 4.69) is 5.32 Å². The smallest absolute Gasteiger partial charge is 0.232 e. The van der Waals surface area contributed by atoms with Gasteiger partial charge in [0.25, 0.3) is 0 Å². The molecule has 23 heavy (non-hydrogen) atoms. The van der Waals surface area contributed by atoms with Gasteiger partial charge >= 0.3 is 0 Å². The number of nitrogens with one attached hydrogen (secondary N) is 1. The van der Waals surface area contributed by atoms with Crippen molar-refractivity contribution in [2.45, 2.75) is 32.3 Å². The zero-order valence-electron chi connectivity index (χ0n) is 13.4. The molecule has 0 aliphatic carbocycles. The van der Waals surface area contributed by atoms with Crippen LogP contribution in [-0.2, 0) is 4.79 Å². The Labute approximate surface area is 136 Å². The number of anilines is 1. The Hall–Kier alpha value is -2.49. The normalized spacial score (nSPS) is 16.4. The van der Waals surface area contributed by atoms with Gasteiger partial charge in [-0.25, -0.2) is 0 Å². The van der Waals surface area contributed by atoms with Crippen LogP contribution >= 0.6 is 0 Å². The number of rotatable bonds is 4. The van der Waals surface area contributed by atoms with Crippen LogP contribution in [0.4, 0.5) is 5.69 Å². The van der Waals surface area contributed by atoms with Crippen molar-refractivity contribution >= 4 is 11.6 Å². The van der Waals surface area contributed by atoms with Crippen LogP contribution in [-0.4, -0.2) is 18.6 Å². The lowest BCUT2D eigenvalue weighted by Gasteiger charge is -2.25. The van der Waals surface area contributed by atoms with Crippen molar-refractivity contribution in [3.05, 3.63) is 54.1 Å². The molecule has 120 valence electrons. The minimum absolute atomic E-state index is 0.00159. The molecular formula is C19H21NO3. The van der Waals surface area contributed by atoms with E-state index in [0.29, 0.717) is 13.0 Å². The van der Waals surface area contributed by atoms with E-state index in [0.717, 1.165) is 22.7 Å². The Morgan fingerprint density at radius 2 is 1.91 bits per heavy atom. The Bertz CT molecular complexity index is 679. The van der Waals surface area contributed by atoms with Gasteiger partial charge < -0.3 is 14.8 Å². The summed E-state index contributed by atoms with van der Waals surface area (Å²) in [5.74, 6) is 1.43. The van der Waals surface area contributed by atoms with Crippen LogP contribution in [0.5, 0.6) is 11.5 Å². The van der Waals surface area contributed by atoms with Crippen molar-refractivity contribution in [2.24, 2.45) is 0 Å². The van der Waals surface area contributed by atoms with Gasteiger partial charge in [0.05, 0.1) is 18.6 Å². The summed E-state index contributed by atoms with van der Waals surface area (Å²) in [6.07, 6.45) is 0.825. The third-order valence-electron chi connectivity index (χ3n) is 3.77. The second-order valence-electron chi connectivity index (χ2n) is 5.91. The largest absolute Gasteiger partial charge is 0.493 e. The van der Waals surface area contributed by atoms with Crippen molar-refractivity contribution in [1.29, 1.82) is 0 Å². The molecule has 1 aliphatic rings. The second kappa shape index (κ2) is 6.73. The van der Waals surface area contributed by atoms with Crippen molar-refractivity contribution < 1.29 is 14.3 Å². The lowest BCUT2D eigenvalue weighted by atomic mass is 9.92. The molecule has 0 aromatic heterocycles. The number of ether oxygens (including phenoxy) is 2. The van der Waals surface area contributed by atoms with Crippen molar-refractivity contribution in [3.63, 3.8) is 0 Å². The molecule has 1 heterocycles. The SMILES string of the molecule is CC(C)Oc1ccc(NC(=O)C2CCOc3ccccc32)cc1. The average molecular weight is 311 g/mol. The predicted molar refractivity (Wildman–Crippen MR) is 90.1 cm³/mol. The third kappa shape index (κ3) is 3.65. The van der Waals surface area contributed by atoms with Gasteiger partial charge in [-0.3, -0.25) is 4.79 Å². The molecule has 0 radical (unpaired) electrons. The van der Waals surface area contributed by atoms with Crippen LogP contribution in [0.1, 0.15) is 31.7 Å². The van der Waals surface area contributed by atoms with Gasteiger partial charge in [-0.05, 0) is 50.6 Å². The molecule has 4 nitrogen and oxygen atoms in total. The molecule has 1 aliphatic heterocycles. The number of para-hydroxylation sites is 1. The molecule has 0 fully saturated rings. The van der Waals surface area contributed by atoms with E-state index < -0.39 is 0 Å². The maximum atomic E-state index is 12.6. The molecule has 0 spiro atoms. The monoisotopic (exact) mass is 311 g/mol. The van der Waals surface area contributed by atoms with Crippen molar-refractivity contribution in [3.8, 4) is 11.5 Å². The highest BCUT2D eigenvalue weighted by Gasteiger charge is 2.27. The van der Waals surface area contributed by atoms with Crippen molar-refractivity contribution in [2.75, 3.05) is 11.9 Å². The quantitative estimate of drug-likeness (QED) is 0.929. The number of carbonyl (C=O) groups is 1. The molecule has 1 unspecified atom stereocenters. The van der Waals surface area contributed by atoms with Gasteiger partial charge in [-0.1, -0.05) is 18.2 Å². The van der Waals surface area contributed by atoms with Crippen LogP contribution in [0.2, 0.25) is 0 Å². The topological polar surface area (TPSA) is 47.6 Å². The Kier molecular flexibility index (Phi) is 4.51. The first-order valence-corrected chi connectivity index (χ1v) is 7.93. The fourth-order valence-electron chi connectivity index (χ4n) is 2.73. The predicted octanol–water partition coefficient (Wildman–Crippen LogP) is 3.98. The summed E-state index contributed by atoms with van der Waals surface area (Å²) in [6, 6.07) is 15.2. The maximum Gasteiger partial charge on any atom is 0.232 e. The molecule has 1 atom stereocenters. The van der Waals surface area contributed by atoms with E-state index in [-0.39, 0.29) is 17.9 Å². The number of fused-ring (bicyclic) bond motifs is 1. The number of amides is 1. The molecule has 2 aromatic rings. The van der Waals surface area contributed by atoms with Crippen LogP contribution in [0.15, 0.2) is 48.5 Å². The minimum Gasteiger partial charge on any atom is -0.493 e. The first-order chi connectivity index (χ1) is 11.1. The standard InChI is InChI=1S/C19H21NO3/c1-13(2)23-15-9-7-14(8-10-15)20-19(21)17-11-12-22-18-6-4-3-5-16(17)18/h3-10,13,17H,11-12H2,1-2H3,(H,20,21). The summed E-state index contributed by atoms with van der Waals surface area (Å²) in [5.41, 5.74) is 1.73. The Morgan fingerprint density at radius 1 is 1.17 bits per heavy atom. The van der Waals surface area contributed by atoms with Gasteiger partial charge in [0.2, 0.25) is 5.91 Å². The lowest BCUT2D eigenvalue weighted by molar-refractivity contribution is -0.118. The summed E-state index contributed by atoms with van der Waals surface area (Å²) in [6.45, 7) is 4.53. The molecule has 4 heteroatoms. The van der Waals surface area contributed by atoms with Gasteiger partial charge in [0.15, 0.2) is 0 Å². The maximum absolute atomic E-state index is 12.6. The fraction of sp³-hybridized carbons (Fsp3) is 0.316. The Balaban J connectivity index is 1.70. The summed E-state index contributed by atoms with van der Waals surface area (Å²) < 4.78 is 11.2. The van der Waals surface area contributed by atoms with E-state index in [1.807, 2.05) is 62.4 Å². The molecule has 2 aromatic carbocycles. The van der Waals surface area contributed by atoms with E-state index in [4.69, 9.17) is 9.47 Å². The molecule has 0 bridgehead atoms. The first-order valence-electron chi connectivity index (χ1n) is 7.93. The zero-order valence-corrected chi connectivity index (χ0v) is 13.4. The van der Waals surface area contributed by atoms with Gasteiger partial charge in [-0.2, -0.15) is 0 Å². The molecule has 1 N–H and O–H groups in total. The van der Waals surface area contributed by atoms with Gasteiger partial charge in [0, 0.05) is 11.3 Å². The molecule has 1 amide bonds. The molecule has 0 saturated heterocycles. The molecule has 3 rings (SSSR count). The van der Waals surface area contributed by atoms with Crippen LogP contribution in [0.3, 0.4) is 0 Å². The highest BCUT2D eigenvalue weighted by atomic mass is 16.5. The van der Waals surface area contributed by atoms with Crippen molar-refractivity contribution in [1.82, 2.24) is 0 Å². The number of hydrogen-bond acceptors (Lipinski definition) is 3.